The SMILES string of the molecule is CC(C)c1c(F)c(CN2CCN(S(C)(=O)=O)CC2)cc(F)c1-c1cc2c3c(c1F)C(F)(F)C3(O)C2(F)F. The first-order chi connectivity index (χ1) is 17.0. The minimum Gasteiger partial charge on any atom is -0.373 e. The highest BCUT2D eigenvalue weighted by atomic mass is 32.2. The second-order valence-electron chi connectivity index (χ2n) is 10.1. The summed E-state index contributed by atoms with van der Waals surface area (Å²) in [5.74, 6) is -13.6. The maximum absolute atomic E-state index is 15.7. The molecule has 37 heavy (non-hydrogen) atoms. The van der Waals surface area contributed by atoms with Gasteiger partial charge in [-0.25, -0.2) is 21.6 Å². The number of sulfonamides is 1. The zero-order valence-corrected chi connectivity index (χ0v) is 20.8. The molecule has 0 radical (unpaired) electrons. The monoisotopic (exact) mass is 552 g/mol. The van der Waals surface area contributed by atoms with Crippen LogP contribution in [0, 0.1) is 17.5 Å². The van der Waals surface area contributed by atoms with Crippen LogP contribution in [0.4, 0.5) is 30.7 Å². The average Bonchev–Trinajstić information content (AvgIpc) is 2.79. The summed E-state index contributed by atoms with van der Waals surface area (Å²) >= 11 is 0. The number of rotatable bonds is 5. The van der Waals surface area contributed by atoms with Crippen LogP contribution in [0.2, 0.25) is 0 Å². The van der Waals surface area contributed by atoms with Crippen LogP contribution >= 0.6 is 0 Å². The van der Waals surface area contributed by atoms with Crippen LogP contribution in [0.15, 0.2) is 12.1 Å². The summed E-state index contributed by atoms with van der Waals surface area (Å²) in [5, 5.41) is 9.84. The molecule has 2 aromatic rings. The number of nitrogens with zero attached hydrogens (tertiary/aromatic N) is 2. The zero-order valence-electron chi connectivity index (χ0n) is 20.0. The smallest absolute Gasteiger partial charge is 0.315 e. The fourth-order valence-corrected chi connectivity index (χ4v) is 6.44. The van der Waals surface area contributed by atoms with Crippen LogP contribution in [-0.4, -0.2) is 55.2 Å². The van der Waals surface area contributed by atoms with E-state index in [-0.39, 0.29) is 43.9 Å². The Balaban J connectivity index is 1.58. The Morgan fingerprint density at radius 3 is 2.08 bits per heavy atom. The van der Waals surface area contributed by atoms with Gasteiger partial charge in [0.1, 0.15) is 17.5 Å². The van der Waals surface area contributed by atoms with Crippen molar-refractivity contribution in [2.75, 3.05) is 32.4 Å². The van der Waals surface area contributed by atoms with Crippen molar-refractivity contribution in [3.8, 4) is 11.1 Å². The van der Waals surface area contributed by atoms with Crippen molar-refractivity contribution in [1.82, 2.24) is 9.21 Å². The Morgan fingerprint density at radius 2 is 1.54 bits per heavy atom. The van der Waals surface area contributed by atoms with Crippen LogP contribution in [0.1, 0.15) is 47.6 Å². The first-order valence-electron chi connectivity index (χ1n) is 11.5. The van der Waals surface area contributed by atoms with Gasteiger partial charge < -0.3 is 5.11 Å². The highest BCUT2D eigenvalue weighted by Crippen LogP contribution is 2.75. The molecule has 5 rings (SSSR count). The standard InChI is InChI=1S/C24H23F7N2O3S/c1-11(2)16-17(13-9-14-18-19(21(13)27)24(30,31)22(18,34)23(14,28)29)15(25)8-12(20(16)26)10-32-4-6-33(7-5-32)37(3,35)36/h8-9,11,34H,4-7,10H2,1-3H3. The van der Waals surface area contributed by atoms with Crippen molar-refractivity contribution in [3.05, 3.63) is 57.4 Å². The molecule has 13 heteroatoms. The minimum absolute atomic E-state index is 0.110. The molecule has 1 unspecified atom stereocenters. The van der Waals surface area contributed by atoms with Crippen LogP contribution in [0.3, 0.4) is 0 Å². The molecule has 1 fully saturated rings. The third-order valence-electron chi connectivity index (χ3n) is 7.56. The van der Waals surface area contributed by atoms with Gasteiger partial charge in [-0.05, 0) is 18.1 Å². The largest absolute Gasteiger partial charge is 0.373 e. The van der Waals surface area contributed by atoms with Crippen LogP contribution in [-0.2, 0) is 34.0 Å². The normalized spacial score (nSPS) is 24.5. The maximum atomic E-state index is 15.7. The van der Waals surface area contributed by atoms with E-state index >= 15 is 13.2 Å². The molecular formula is C24H23F7N2O3S. The van der Waals surface area contributed by atoms with E-state index in [2.05, 4.69) is 0 Å². The second kappa shape index (κ2) is 7.90. The van der Waals surface area contributed by atoms with Crippen LogP contribution < -0.4 is 0 Å². The molecule has 0 bridgehead atoms. The van der Waals surface area contributed by atoms with Crippen molar-refractivity contribution in [3.63, 3.8) is 0 Å². The van der Waals surface area contributed by atoms with Crippen molar-refractivity contribution < 1.29 is 44.3 Å². The lowest BCUT2D eigenvalue weighted by molar-refractivity contribution is -0.354. The predicted molar refractivity (Wildman–Crippen MR) is 119 cm³/mol. The van der Waals surface area contributed by atoms with Gasteiger partial charge in [0.15, 0.2) is 0 Å². The van der Waals surface area contributed by atoms with E-state index in [0.29, 0.717) is 6.07 Å². The van der Waals surface area contributed by atoms with Crippen LogP contribution in [0.25, 0.3) is 11.1 Å². The fourth-order valence-electron chi connectivity index (χ4n) is 5.61. The maximum Gasteiger partial charge on any atom is 0.315 e. The third-order valence-corrected chi connectivity index (χ3v) is 8.86. The molecule has 0 saturated carbocycles. The number of aliphatic hydroxyl groups is 1. The third kappa shape index (κ3) is 3.29. The van der Waals surface area contributed by atoms with Crippen molar-refractivity contribution in [2.45, 2.75) is 43.8 Å². The van der Waals surface area contributed by atoms with E-state index < -0.39 is 78.7 Å². The molecule has 1 heterocycles. The quantitative estimate of drug-likeness (QED) is 0.560. The molecule has 3 aliphatic rings. The van der Waals surface area contributed by atoms with E-state index in [0.717, 1.165) is 12.3 Å². The Labute approximate surface area is 208 Å². The van der Waals surface area contributed by atoms with Gasteiger partial charge in [-0.2, -0.15) is 21.9 Å². The van der Waals surface area contributed by atoms with Gasteiger partial charge in [-0.3, -0.25) is 4.90 Å². The summed E-state index contributed by atoms with van der Waals surface area (Å²) < 4.78 is 129. The van der Waals surface area contributed by atoms with E-state index in [1.54, 1.807) is 4.90 Å². The Bertz CT molecular complexity index is 1440. The van der Waals surface area contributed by atoms with Gasteiger partial charge in [-0.15, -0.1) is 0 Å². The first kappa shape index (κ1) is 26.4. The van der Waals surface area contributed by atoms with Crippen molar-refractivity contribution in [1.29, 1.82) is 0 Å². The Kier molecular flexibility index (Phi) is 5.64. The highest BCUT2D eigenvalue weighted by molar-refractivity contribution is 7.88. The molecular weight excluding hydrogens is 529 g/mol. The molecule has 1 saturated heterocycles. The Hall–Kier alpha value is -2.22. The molecule has 0 amide bonds. The van der Waals surface area contributed by atoms with Gasteiger partial charge in [0, 0.05) is 66.1 Å². The molecule has 1 aliphatic heterocycles. The van der Waals surface area contributed by atoms with E-state index in [1.165, 1.54) is 18.2 Å². The van der Waals surface area contributed by atoms with E-state index in [4.69, 9.17) is 0 Å². The summed E-state index contributed by atoms with van der Waals surface area (Å²) in [4.78, 5) is 1.70. The van der Waals surface area contributed by atoms with Gasteiger partial charge >= 0.3 is 11.8 Å². The van der Waals surface area contributed by atoms with E-state index in [9.17, 15) is 31.1 Å². The number of benzene rings is 2. The number of hydrogen-bond donors (Lipinski definition) is 1. The highest BCUT2D eigenvalue weighted by Gasteiger charge is 2.86. The topological polar surface area (TPSA) is 60.9 Å². The van der Waals surface area contributed by atoms with Gasteiger partial charge in [0.05, 0.1) is 11.8 Å². The fraction of sp³-hybridized carbons (Fsp3) is 0.500. The lowest BCUT2D eigenvalue weighted by Crippen LogP contribution is -2.70. The molecule has 2 aliphatic carbocycles. The summed E-state index contributed by atoms with van der Waals surface area (Å²) in [7, 11) is -3.40. The second-order valence-corrected chi connectivity index (χ2v) is 12.1. The lowest BCUT2D eigenvalue weighted by atomic mass is 9.53. The minimum atomic E-state index is -4.61. The molecule has 2 aromatic carbocycles. The number of alkyl halides is 4. The molecule has 0 aromatic heterocycles. The zero-order chi connectivity index (χ0) is 27.5. The number of piperazine rings is 1. The summed E-state index contributed by atoms with van der Waals surface area (Å²) in [5.41, 5.74) is -9.37. The van der Waals surface area contributed by atoms with Gasteiger partial charge in [0.2, 0.25) is 15.6 Å². The number of halogens is 7. The van der Waals surface area contributed by atoms with Gasteiger partial charge in [-0.1, -0.05) is 13.8 Å². The summed E-state index contributed by atoms with van der Waals surface area (Å²) in [6, 6.07) is 1.28. The van der Waals surface area contributed by atoms with Crippen molar-refractivity contribution in [2.24, 2.45) is 0 Å². The molecule has 0 spiro atoms. The Morgan fingerprint density at radius 1 is 0.946 bits per heavy atom. The lowest BCUT2D eigenvalue weighted by Gasteiger charge is -2.58. The van der Waals surface area contributed by atoms with Crippen LogP contribution in [0.5, 0.6) is 0 Å². The molecule has 5 nitrogen and oxygen atoms in total. The first-order valence-corrected chi connectivity index (χ1v) is 13.4. The summed E-state index contributed by atoms with van der Waals surface area (Å²) in [6.45, 7) is 3.59. The average molecular weight is 553 g/mol. The molecule has 1 atom stereocenters. The van der Waals surface area contributed by atoms with Gasteiger partial charge in [0.25, 0.3) is 0 Å². The molecule has 1 N–H and O–H groups in total. The summed E-state index contributed by atoms with van der Waals surface area (Å²) in [6.07, 6.45) is 1.07. The predicted octanol–water partition coefficient (Wildman–Crippen LogP) is 4.37. The number of hydrogen-bond acceptors (Lipinski definition) is 4. The van der Waals surface area contributed by atoms with Crippen molar-refractivity contribution >= 4 is 10.0 Å². The molecule has 202 valence electrons. The van der Waals surface area contributed by atoms with E-state index in [1.807, 2.05) is 0 Å².